The van der Waals surface area contributed by atoms with Crippen molar-refractivity contribution in [1.82, 2.24) is 14.8 Å². The van der Waals surface area contributed by atoms with Crippen LogP contribution in [0.5, 0.6) is 0 Å². The van der Waals surface area contributed by atoms with Crippen LogP contribution < -0.4 is 14.7 Å². The van der Waals surface area contributed by atoms with Crippen molar-refractivity contribution in [3.63, 3.8) is 0 Å². The number of allylic oxidation sites excluding steroid dienone is 1. The number of likely N-dealkylation sites (N-methyl/N-ethyl adjacent to an activating group) is 1. The van der Waals surface area contributed by atoms with E-state index < -0.39 is 0 Å². The third kappa shape index (κ3) is 4.43. The van der Waals surface area contributed by atoms with Crippen molar-refractivity contribution in [3.8, 4) is 6.07 Å². The number of aromatic nitrogens is 1. The van der Waals surface area contributed by atoms with Crippen LogP contribution in [0.2, 0.25) is 0 Å². The van der Waals surface area contributed by atoms with Gasteiger partial charge in [-0.2, -0.15) is 5.26 Å². The average Bonchev–Trinajstić information content (AvgIpc) is 2.96. The van der Waals surface area contributed by atoms with Crippen LogP contribution in [0, 0.1) is 11.3 Å². The predicted molar refractivity (Wildman–Crippen MR) is 156 cm³/mol. The van der Waals surface area contributed by atoms with E-state index in [9.17, 15) is 5.26 Å². The van der Waals surface area contributed by atoms with Gasteiger partial charge in [0.15, 0.2) is 0 Å². The molecule has 3 aromatic rings. The second-order valence-corrected chi connectivity index (χ2v) is 10.9. The number of nitrogens with zero attached hydrogens (tertiary/aromatic N) is 7. The molecule has 0 amide bonds. The zero-order valence-electron chi connectivity index (χ0n) is 22.7. The van der Waals surface area contributed by atoms with E-state index in [0.29, 0.717) is 0 Å². The van der Waals surface area contributed by atoms with Gasteiger partial charge in [-0.3, -0.25) is 0 Å². The topological polar surface area (TPSA) is 52.9 Å². The number of nitriles is 1. The van der Waals surface area contributed by atoms with Crippen LogP contribution in [0.4, 0.5) is 17.3 Å². The Morgan fingerprint density at radius 3 is 2.24 bits per heavy atom. The molecule has 3 aliphatic rings. The van der Waals surface area contributed by atoms with Crippen molar-refractivity contribution >= 4 is 28.1 Å². The van der Waals surface area contributed by atoms with E-state index in [1.807, 2.05) is 0 Å². The quantitative estimate of drug-likeness (QED) is 0.528. The van der Waals surface area contributed by atoms with Gasteiger partial charge in [0.1, 0.15) is 17.7 Å². The Balaban J connectivity index is 1.42. The first-order valence-electron chi connectivity index (χ1n) is 13.8. The number of fused-ring (bicyclic) bond motifs is 2. The van der Waals surface area contributed by atoms with Gasteiger partial charge >= 0.3 is 0 Å². The SMILES string of the molecule is C=C(C)N1CCN(c2nc(N3CCN(C)CC3)c(C#N)c3c2CCN(c2cccc4ccccc24)C3)CC1. The fourth-order valence-corrected chi connectivity index (χ4v) is 6.21. The Morgan fingerprint density at radius 1 is 0.816 bits per heavy atom. The minimum absolute atomic E-state index is 0.730. The van der Waals surface area contributed by atoms with Gasteiger partial charge in [0.2, 0.25) is 0 Å². The van der Waals surface area contributed by atoms with Crippen LogP contribution in [-0.4, -0.2) is 80.7 Å². The summed E-state index contributed by atoms with van der Waals surface area (Å²) in [4.78, 5) is 17.3. The number of hydrogen-bond acceptors (Lipinski definition) is 7. The molecule has 7 nitrogen and oxygen atoms in total. The first kappa shape index (κ1) is 24.6. The Hall–Kier alpha value is -3.76. The molecule has 3 aliphatic heterocycles. The standard InChI is InChI=1S/C31H37N7/c1-23(2)35-17-19-37(20-18-35)30-26-11-12-38(29-10-6-8-24-7-4-5-9-25(24)29)22-28(26)27(21-32)31(33-30)36-15-13-34(3)14-16-36/h4-10H,1,11-20,22H2,2-3H3. The summed E-state index contributed by atoms with van der Waals surface area (Å²) in [7, 11) is 2.16. The van der Waals surface area contributed by atoms with E-state index in [2.05, 4.69) is 93.6 Å². The lowest BCUT2D eigenvalue weighted by molar-refractivity contribution is 0.311. The molecule has 2 aromatic carbocycles. The summed E-state index contributed by atoms with van der Waals surface area (Å²) in [5.41, 5.74) is 5.56. The van der Waals surface area contributed by atoms with E-state index in [0.717, 1.165) is 100 Å². The molecule has 7 heteroatoms. The molecule has 1 aromatic heterocycles. The van der Waals surface area contributed by atoms with E-state index in [-0.39, 0.29) is 0 Å². The van der Waals surface area contributed by atoms with Crippen molar-refractivity contribution in [2.45, 2.75) is 19.9 Å². The summed E-state index contributed by atoms with van der Waals surface area (Å²) in [5.74, 6) is 1.96. The molecule has 0 aliphatic carbocycles. The zero-order valence-corrected chi connectivity index (χ0v) is 22.7. The van der Waals surface area contributed by atoms with Crippen LogP contribution in [0.25, 0.3) is 10.8 Å². The number of pyridine rings is 1. The molecule has 2 saturated heterocycles. The fourth-order valence-electron chi connectivity index (χ4n) is 6.21. The molecule has 0 saturated carbocycles. The highest BCUT2D eigenvalue weighted by molar-refractivity contribution is 5.94. The number of rotatable bonds is 4. The number of benzene rings is 2. The van der Waals surface area contributed by atoms with Crippen LogP contribution in [0.15, 0.2) is 54.7 Å². The van der Waals surface area contributed by atoms with Gasteiger partial charge in [-0.25, -0.2) is 4.98 Å². The van der Waals surface area contributed by atoms with Gasteiger partial charge < -0.3 is 24.5 Å². The first-order valence-corrected chi connectivity index (χ1v) is 13.8. The van der Waals surface area contributed by atoms with Crippen molar-refractivity contribution in [3.05, 3.63) is 71.4 Å². The van der Waals surface area contributed by atoms with Crippen LogP contribution >= 0.6 is 0 Å². The smallest absolute Gasteiger partial charge is 0.149 e. The molecular weight excluding hydrogens is 470 g/mol. The predicted octanol–water partition coefficient (Wildman–Crippen LogP) is 4.08. The van der Waals surface area contributed by atoms with Crippen molar-refractivity contribution < 1.29 is 0 Å². The molecular formula is C31H37N7. The number of anilines is 3. The molecule has 0 unspecified atom stereocenters. The zero-order chi connectivity index (χ0) is 26.2. The van der Waals surface area contributed by atoms with Gasteiger partial charge in [0, 0.05) is 87.8 Å². The van der Waals surface area contributed by atoms with E-state index >= 15 is 0 Å². The summed E-state index contributed by atoms with van der Waals surface area (Å²) in [6.45, 7) is 15.4. The van der Waals surface area contributed by atoms with Crippen LogP contribution in [0.3, 0.4) is 0 Å². The molecule has 4 heterocycles. The minimum atomic E-state index is 0.730. The van der Waals surface area contributed by atoms with Crippen LogP contribution in [-0.2, 0) is 13.0 Å². The highest BCUT2D eigenvalue weighted by atomic mass is 15.3. The molecule has 0 radical (unpaired) electrons. The van der Waals surface area contributed by atoms with Gasteiger partial charge in [-0.1, -0.05) is 43.0 Å². The highest BCUT2D eigenvalue weighted by Crippen LogP contribution is 2.38. The molecule has 2 fully saturated rings. The first-order chi connectivity index (χ1) is 18.5. The van der Waals surface area contributed by atoms with Crippen molar-refractivity contribution in [2.75, 3.05) is 80.7 Å². The van der Waals surface area contributed by atoms with E-state index in [1.54, 1.807) is 0 Å². The Bertz CT molecular complexity index is 1390. The fraction of sp³-hybridized carbons (Fsp3) is 0.419. The largest absolute Gasteiger partial charge is 0.372 e. The van der Waals surface area contributed by atoms with E-state index in [4.69, 9.17) is 4.98 Å². The molecule has 0 atom stereocenters. The Labute approximate surface area is 226 Å². The summed E-state index contributed by atoms with van der Waals surface area (Å²) >= 11 is 0. The maximum absolute atomic E-state index is 10.5. The third-order valence-electron chi connectivity index (χ3n) is 8.49. The van der Waals surface area contributed by atoms with Gasteiger partial charge in [-0.05, 0) is 37.4 Å². The minimum Gasteiger partial charge on any atom is -0.372 e. The Kier molecular flexibility index (Phi) is 6.59. The second-order valence-electron chi connectivity index (χ2n) is 10.9. The Morgan fingerprint density at radius 2 is 1.50 bits per heavy atom. The second kappa shape index (κ2) is 10.2. The molecule has 0 N–H and O–H groups in total. The lowest BCUT2D eigenvalue weighted by Gasteiger charge is -2.41. The third-order valence-corrected chi connectivity index (χ3v) is 8.49. The van der Waals surface area contributed by atoms with Gasteiger partial charge in [-0.15, -0.1) is 0 Å². The lowest BCUT2D eigenvalue weighted by Crippen LogP contribution is -2.48. The van der Waals surface area contributed by atoms with Crippen molar-refractivity contribution in [1.29, 1.82) is 5.26 Å². The van der Waals surface area contributed by atoms with Crippen LogP contribution in [0.1, 0.15) is 23.6 Å². The highest BCUT2D eigenvalue weighted by Gasteiger charge is 2.32. The molecule has 0 bridgehead atoms. The molecule has 0 spiro atoms. The molecule has 38 heavy (non-hydrogen) atoms. The monoisotopic (exact) mass is 507 g/mol. The summed E-state index contributed by atoms with van der Waals surface area (Å²) in [6, 6.07) is 17.7. The summed E-state index contributed by atoms with van der Waals surface area (Å²) in [5, 5.41) is 13.0. The van der Waals surface area contributed by atoms with Gasteiger partial charge in [0.25, 0.3) is 0 Å². The molecule has 196 valence electrons. The van der Waals surface area contributed by atoms with Crippen molar-refractivity contribution in [2.24, 2.45) is 0 Å². The lowest BCUT2D eigenvalue weighted by atomic mass is 9.94. The number of piperazine rings is 2. The van der Waals surface area contributed by atoms with Gasteiger partial charge in [0.05, 0.1) is 5.56 Å². The maximum Gasteiger partial charge on any atom is 0.149 e. The van der Waals surface area contributed by atoms with E-state index in [1.165, 1.54) is 22.0 Å². The average molecular weight is 508 g/mol. The maximum atomic E-state index is 10.5. The summed E-state index contributed by atoms with van der Waals surface area (Å²) < 4.78 is 0. The molecule has 6 rings (SSSR count). The normalized spacial score (nSPS) is 18.4. The number of hydrogen-bond donors (Lipinski definition) is 0. The summed E-state index contributed by atoms with van der Waals surface area (Å²) in [6.07, 6.45) is 0.888.